The van der Waals surface area contributed by atoms with Crippen molar-refractivity contribution in [2.75, 3.05) is 19.0 Å². The summed E-state index contributed by atoms with van der Waals surface area (Å²) in [5.74, 6) is -1.82. The van der Waals surface area contributed by atoms with E-state index in [2.05, 4.69) is 10.6 Å². The summed E-state index contributed by atoms with van der Waals surface area (Å²) < 4.78 is 12.0. The lowest BCUT2D eigenvalue weighted by atomic mass is 9.83. The maximum absolute atomic E-state index is 13.1. The average Bonchev–Trinajstić information content (AvgIpc) is 3.34. The predicted molar refractivity (Wildman–Crippen MR) is 138 cm³/mol. The fourth-order valence-electron chi connectivity index (χ4n) is 4.55. The van der Waals surface area contributed by atoms with E-state index < -0.39 is 34.8 Å². The molecule has 0 bridgehead atoms. The molecule has 1 aromatic heterocycles. The van der Waals surface area contributed by atoms with Crippen LogP contribution in [0.5, 0.6) is 17.2 Å². The number of rotatable bonds is 7. The number of imide groups is 1. The highest BCUT2D eigenvalue weighted by Gasteiger charge is 2.53. The Hall–Kier alpha value is -3.77. The SMILES string of the molecule is CCOc1cc([C@@H]2c3sc(=O)n(CC(=O)Nc4ccc(OC)cc4)c3S[C@@H]3C(=O)NC(=O)[C@H]23)ccc1O. The number of thioether (sulfide) groups is 1. The number of phenolic OH excluding ortho intramolecular Hbond substituents is 1. The zero-order valence-electron chi connectivity index (χ0n) is 19.8. The number of carbonyl (C=O) groups excluding carboxylic acids is 3. The number of hydrogen-bond acceptors (Lipinski definition) is 9. The van der Waals surface area contributed by atoms with Crippen LogP contribution < -0.4 is 25.0 Å². The van der Waals surface area contributed by atoms with Crippen molar-refractivity contribution in [3.05, 3.63) is 62.6 Å². The molecule has 192 valence electrons. The maximum Gasteiger partial charge on any atom is 0.308 e. The van der Waals surface area contributed by atoms with Crippen LogP contribution in [-0.2, 0) is 20.9 Å². The molecule has 3 N–H and O–H groups in total. The third-order valence-electron chi connectivity index (χ3n) is 6.21. The quantitative estimate of drug-likeness (QED) is 0.389. The van der Waals surface area contributed by atoms with Gasteiger partial charge in [-0.3, -0.25) is 29.1 Å². The summed E-state index contributed by atoms with van der Waals surface area (Å²) in [5.41, 5.74) is 1.17. The van der Waals surface area contributed by atoms with E-state index in [9.17, 15) is 24.3 Å². The summed E-state index contributed by atoms with van der Waals surface area (Å²) in [6.07, 6.45) is 0. The summed E-state index contributed by atoms with van der Waals surface area (Å²) in [6.45, 7) is 1.84. The van der Waals surface area contributed by atoms with Crippen LogP contribution in [0, 0.1) is 5.92 Å². The van der Waals surface area contributed by atoms with Crippen molar-refractivity contribution in [1.82, 2.24) is 9.88 Å². The molecule has 3 heterocycles. The molecular formula is C25H23N3O7S2. The van der Waals surface area contributed by atoms with Crippen LogP contribution >= 0.6 is 23.1 Å². The van der Waals surface area contributed by atoms with Crippen LogP contribution in [0.2, 0.25) is 0 Å². The number of aromatic hydroxyl groups is 1. The van der Waals surface area contributed by atoms with E-state index in [1.165, 1.54) is 10.6 Å². The van der Waals surface area contributed by atoms with Gasteiger partial charge >= 0.3 is 4.87 Å². The number of thiazole rings is 1. The molecule has 10 nitrogen and oxygen atoms in total. The zero-order valence-corrected chi connectivity index (χ0v) is 21.5. The summed E-state index contributed by atoms with van der Waals surface area (Å²) in [4.78, 5) is 51.6. The summed E-state index contributed by atoms with van der Waals surface area (Å²) in [7, 11) is 1.54. The molecule has 2 aliphatic rings. The first kappa shape index (κ1) is 24.9. The largest absolute Gasteiger partial charge is 0.504 e. The molecule has 0 unspecified atom stereocenters. The van der Waals surface area contributed by atoms with Crippen molar-refractivity contribution < 1.29 is 29.0 Å². The first-order valence-electron chi connectivity index (χ1n) is 11.4. The lowest BCUT2D eigenvalue weighted by molar-refractivity contribution is -0.126. The normalized spacial score (nSPS) is 20.1. The molecule has 0 spiro atoms. The molecule has 37 heavy (non-hydrogen) atoms. The maximum atomic E-state index is 13.1. The van der Waals surface area contributed by atoms with E-state index in [1.807, 2.05) is 0 Å². The molecule has 3 atom stereocenters. The Labute approximate surface area is 219 Å². The zero-order chi connectivity index (χ0) is 26.3. The van der Waals surface area contributed by atoms with Crippen molar-refractivity contribution in [2.24, 2.45) is 5.92 Å². The number of methoxy groups -OCH3 is 1. The van der Waals surface area contributed by atoms with Gasteiger partial charge in [0.2, 0.25) is 17.7 Å². The highest BCUT2D eigenvalue weighted by atomic mass is 32.2. The van der Waals surface area contributed by atoms with Crippen LogP contribution in [0.25, 0.3) is 0 Å². The van der Waals surface area contributed by atoms with Gasteiger partial charge in [0.1, 0.15) is 17.5 Å². The molecule has 1 fully saturated rings. The minimum Gasteiger partial charge on any atom is -0.504 e. The van der Waals surface area contributed by atoms with Crippen molar-refractivity contribution in [1.29, 1.82) is 0 Å². The Balaban J connectivity index is 1.52. The number of ether oxygens (including phenoxy) is 2. The van der Waals surface area contributed by atoms with Gasteiger partial charge in [-0.25, -0.2) is 0 Å². The third kappa shape index (κ3) is 4.58. The minimum atomic E-state index is -0.765. The Morgan fingerprint density at radius 3 is 2.59 bits per heavy atom. The van der Waals surface area contributed by atoms with Crippen molar-refractivity contribution in [2.45, 2.75) is 29.7 Å². The van der Waals surface area contributed by atoms with E-state index >= 15 is 0 Å². The van der Waals surface area contributed by atoms with Gasteiger partial charge in [0.25, 0.3) is 0 Å². The molecule has 12 heteroatoms. The molecule has 0 saturated carbocycles. The number of fused-ring (bicyclic) bond motifs is 2. The van der Waals surface area contributed by atoms with Gasteiger partial charge in [-0.1, -0.05) is 29.2 Å². The van der Waals surface area contributed by atoms with E-state index in [4.69, 9.17) is 9.47 Å². The Bertz CT molecular complexity index is 1450. The van der Waals surface area contributed by atoms with Gasteiger partial charge in [0.05, 0.1) is 24.7 Å². The fraction of sp³-hybridized carbons (Fsp3) is 0.280. The highest BCUT2D eigenvalue weighted by Crippen LogP contribution is 2.52. The Kier molecular flexibility index (Phi) is 6.69. The van der Waals surface area contributed by atoms with Crippen molar-refractivity contribution in [3.8, 4) is 17.2 Å². The Morgan fingerprint density at radius 1 is 1.14 bits per heavy atom. The number of nitrogens with one attached hydrogen (secondary N) is 2. The second-order valence-electron chi connectivity index (χ2n) is 8.46. The van der Waals surface area contributed by atoms with E-state index in [0.29, 0.717) is 33.5 Å². The standard InChI is InChI=1S/C25H23N3O7S2/c1-3-35-16-10-12(4-9-15(16)29)18-19-20(23(32)27-22(19)31)36-24-21(18)37-25(33)28(24)11-17(30)26-13-5-7-14(34-2)8-6-13/h4-10,18-20,29H,3,11H2,1-2H3,(H,26,30)(H,27,31,32)/t18-,19+,20-/m0/s1. The first-order valence-corrected chi connectivity index (χ1v) is 13.1. The average molecular weight is 542 g/mol. The van der Waals surface area contributed by atoms with Crippen LogP contribution in [0.1, 0.15) is 23.3 Å². The van der Waals surface area contributed by atoms with E-state index in [0.717, 1.165) is 23.1 Å². The number of nitrogens with zero attached hydrogens (tertiary/aromatic N) is 1. The van der Waals surface area contributed by atoms with E-state index in [-0.39, 0.29) is 22.9 Å². The number of hydrogen-bond donors (Lipinski definition) is 3. The van der Waals surface area contributed by atoms with Gasteiger partial charge in [0.15, 0.2) is 11.5 Å². The summed E-state index contributed by atoms with van der Waals surface area (Å²) in [6, 6.07) is 11.5. The molecule has 5 rings (SSSR count). The van der Waals surface area contributed by atoms with E-state index in [1.54, 1.807) is 50.4 Å². The molecule has 3 aromatic rings. The molecule has 0 radical (unpaired) electrons. The first-order chi connectivity index (χ1) is 17.8. The Morgan fingerprint density at radius 2 is 1.89 bits per heavy atom. The molecule has 0 aliphatic carbocycles. The lowest BCUT2D eigenvalue weighted by Gasteiger charge is -2.31. The number of anilines is 1. The number of phenols is 1. The van der Waals surface area contributed by atoms with Crippen molar-refractivity contribution >= 4 is 46.5 Å². The molecular weight excluding hydrogens is 518 g/mol. The van der Waals surface area contributed by atoms with Crippen LogP contribution in [0.4, 0.5) is 5.69 Å². The highest BCUT2D eigenvalue weighted by molar-refractivity contribution is 8.00. The fourth-order valence-corrected chi connectivity index (χ4v) is 7.29. The molecule has 2 aliphatic heterocycles. The van der Waals surface area contributed by atoms with Crippen molar-refractivity contribution in [3.63, 3.8) is 0 Å². The van der Waals surface area contributed by atoms with Crippen LogP contribution in [0.3, 0.4) is 0 Å². The van der Waals surface area contributed by atoms with Crippen LogP contribution in [0.15, 0.2) is 52.3 Å². The molecule has 3 amide bonds. The number of carbonyl (C=O) groups is 3. The topological polar surface area (TPSA) is 136 Å². The van der Waals surface area contributed by atoms with Gasteiger partial charge < -0.3 is 19.9 Å². The number of aromatic nitrogens is 1. The minimum absolute atomic E-state index is 0.0551. The second-order valence-corrected chi connectivity index (χ2v) is 10.6. The van der Waals surface area contributed by atoms with Gasteiger partial charge in [0, 0.05) is 16.5 Å². The molecule has 1 saturated heterocycles. The second kappa shape index (κ2) is 9.94. The molecule has 2 aromatic carbocycles. The lowest BCUT2D eigenvalue weighted by Crippen LogP contribution is -2.32. The van der Waals surface area contributed by atoms with Crippen LogP contribution in [-0.4, -0.2) is 46.4 Å². The van der Waals surface area contributed by atoms with Gasteiger partial charge in [-0.2, -0.15) is 0 Å². The number of amides is 3. The van der Waals surface area contributed by atoms with Gasteiger partial charge in [-0.05, 0) is 48.9 Å². The summed E-state index contributed by atoms with van der Waals surface area (Å²) in [5, 5.41) is 15.0. The predicted octanol–water partition coefficient (Wildman–Crippen LogP) is 2.54. The summed E-state index contributed by atoms with van der Waals surface area (Å²) >= 11 is 2.06. The van der Waals surface area contributed by atoms with Gasteiger partial charge in [-0.15, -0.1) is 0 Å². The monoisotopic (exact) mass is 541 g/mol. The third-order valence-corrected chi connectivity index (χ3v) is 8.82. The number of benzene rings is 2. The smallest absolute Gasteiger partial charge is 0.308 e.